The van der Waals surface area contributed by atoms with Crippen molar-refractivity contribution in [3.63, 3.8) is 0 Å². The predicted molar refractivity (Wildman–Crippen MR) is 101 cm³/mol. The molecular weight excluding hydrogens is 330 g/mol. The van der Waals surface area contributed by atoms with Crippen LogP contribution >= 0.6 is 0 Å². The third kappa shape index (κ3) is 3.72. The van der Waals surface area contributed by atoms with Crippen molar-refractivity contribution in [2.45, 2.75) is 32.1 Å². The molecule has 2 aliphatic heterocycles. The van der Waals surface area contributed by atoms with Gasteiger partial charge in [-0.2, -0.15) is 9.67 Å². The molecule has 140 valence electrons. The minimum Gasteiger partial charge on any atom is -0.368 e. The first-order valence-electron chi connectivity index (χ1n) is 9.47. The summed E-state index contributed by atoms with van der Waals surface area (Å²) in [5.74, 6) is 1.93. The van der Waals surface area contributed by atoms with Gasteiger partial charge in [-0.3, -0.25) is 0 Å². The highest BCUT2D eigenvalue weighted by atomic mass is 15.4. The lowest BCUT2D eigenvalue weighted by Gasteiger charge is -2.36. The Hall–Kier alpha value is -2.42. The second kappa shape index (κ2) is 7.45. The van der Waals surface area contributed by atoms with Crippen molar-refractivity contribution in [3.8, 4) is 5.69 Å². The monoisotopic (exact) mass is 357 g/mol. The molecule has 0 unspecified atom stereocenters. The molecule has 4 heterocycles. The highest BCUT2D eigenvalue weighted by Crippen LogP contribution is 2.23. The SMILES string of the molecule is Nc1nc(N)n(-c2cnc(N3CCC(CN4CCCCC4)CC3)nc2)n1. The molecule has 2 fully saturated rings. The molecule has 0 bridgehead atoms. The molecule has 0 aromatic carbocycles. The lowest BCUT2D eigenvalue weighted by molar-refractivity contribution is 0.181. The van der Waals surface area contributed by atoms with Crippen molar-refractivity contribution in [2.75, 3.05) is 49.1 Å². The molecule has 4 N–H and O–H groups in total. The Morgan fingerprint density at radius 3 is 2.27 bits per heavy atom. The molecule has 2 saturated heterocycles. The summed E-state index contributed by atoms with van der Waals surface area (Å²) in [6.45, 7) is 5.83. The average molecular weight is 357 g/mol. The van der Waals surface area contributed by atoms with Crippen LogP contribution in [-0.2, 0) is 0 Å². The van der Waals surface area contributed by atoms with Gasteiger partial charge < -0.3 is 21.3 Å². The molecule has 0 amide bonds. The molecule has 9 nitrogen and oxygen atoms in total. The van der Waals surface area contributed by atoms with Crippen molar-refractivity contribution >= 4 is 17.8 Å². The van der Waals surface area contributed by atoms with Gasteiger partial charge >= 0.3 is 0 Å². The molecule has 0 radical (unpaired) electrons. The van der Waals surface area contributed by atoms with Crippen molar-refractivity contribution in [1.82, 2.24) is 29.6 Å². The zero-order valence-electron chi connectivity index (χ0n) is 15.1. The van der Waals surface area contributed by atoms with Gasteiger partial charge in [-0.15, -0.1) is 5.10 Å². The Morgan fingerprint density at radius 2 is 1.65 bits per heavy atom. The summed E-state index contributed by atoms with van der Waals surface area (Å²) in [7, 11) is 0. The number of hydrogen-bond donors (Lipinski definition) is 2. The average Bonchev–Trinajstić information content (AvgIpc) is 3.02. The van der Waals surface area contributed by atoms with Gasteiger partial charge in [0, 0.05) is 19.6 Å². The Kier molecular flexibility index (Phi) is 4.87. The first-order chi connectivity index (χ1) is 12.7. The smallest absolute Gasteiger partial charge is 0.241 e. The topological polar surface area (TPSA) is 115 Å². The van der Waals surface area contributed by atoms with Crippen LogP contribution in [0, 0.1) is 5.92 Å². The van der Waals surface area contributed by atoms with Gasteiger partial charge in [0.25, 0.3) is 0 Å². The number of aromatic nitrogens is 5. The van der Waals surface area contributed by atoms with E-state index in [1.54, 1.807) is 12.4 Å². The van der Waals surface area contributed by atoms with E-state index in [2.05, 4.69) is 29.9 Å². The molecule has 0 saturated carbocycles. The summed E-state index contributed by atoms with van der Waals surface area (Å²) < 4.78 is 1.45. The van der Waals surface area contributed by atoms with E-state index < -0.39 is 0 Å². The molecule has 2 aromatic heterocycles. The zero-order valence-corrected chi connectivity index (χ0v) is 15.1. The minimum atomic E-state index is 0.141. The molecule has 0 aliphatic carbocycles. The molecule has 26 heavy (non-hydrogen) atoms. The van der Waals surface area contributed by atoms with Crippen LogP contribution in [0.15, 0.2) is 12.4 Å². The molecule has 0 spiro atoms. The van der Waals surface area contributed by atoms with E-state index >= 15 is 0 Å². The largest absolute Gasteiger partial charge is 0.368 e. The van der Waals surface area contributed by atoms with Crippen LogP contribution in [0.1, 0.15) is 32.1 Å². The quantitative estimate of drug-likeness (QED) is 0.830. The fourth-order valence-corrected chi connectivity index (χ4v) is 3.94. The van der Waals surface area contributed by atoms with Crippen LogP contribution in [-0.4, -0.2) is 62.4 Å². The summed E-state index contributed by atoms with van der Waals surface area (Å²) in [4.78, 5) is 17.8. The third-order valence-electron chi connectivity index (χ3n) is 5.38. The molecule has 4 rings (SSSR count). The number of piperidine rings is 2. The number of hydrogen-bond acceptors (Lipinski definition) is 8. The van der Waals surface area contributed by atoms with E-state index in [1.165, 1.54) is 56.4 Å². The van der Waals surface area contributed by atoms with E-state index in [0.29, 0.717) is 5.69 Å². The first kappa shape index (κ1) is 17.0. The molecule has 2 aliphatic rings. The summed E-state index contributed by atoms with van der Waals surface area (Å²) in [5, 5.41) is 4.05. The van der Waals surface area contributed by atoms with Crippen LogP contribution < -0.4 is 16.4 Å². The van der Waals surface area contributed by atoms with Crippen LogP contribution in [0.3, 0.4) is 0 Å². The second-order valence-electron chi connectivity index (χ2n) is 7.27. The summed E-state index contributed by atoms with van der Waals surface area (Å²) in [6.07, 6.45) is 9.96. The van der Waals surface area contributed by atoms with Gasteiger partial charge in [-0.05, 0) is 44.7 Å². The van der Waals surface area contributed by atoms with Crippen molar-refractivity contribution in [1.29, 1.82) is 0 Å². The van der Waals surface area contributed by atoms with Crippen LogP contribution in [0.4, 0.5) is 17.8 Å². The third-order valence-corrected chi connectivity index (χ3v) is 5.38. The summed E-state index contributed by atoms with van der Waals surface area (Å²) in [6, 6.07) is 0. The van der Waals surface area contributed by atoms with Crippen LogP contribution in [0.5, 0.6) is 0 Å². The maximum atomic E-state index is 5.79. The highest BCUT2D eigenvalue weighted by molar-refractivity contribution is 5.40. The fraction of sp³-hybridized carbons (Fsp3) is 0.647. The van der Waals surface area contributed by atoms with E-state index in [9.17, 15) is 0 Å². The van der Waals surface area contributed by atoms with E-state index in [0.717, 1.165) is 25.0 Å². The lowest BCUT2D eigenvalue weighted by atomic mass is 9.95. The van der Waals surface area contributed by atoms with Crippen molar-refractivity contribution in [3.05, 3.63) is 12.4 Å². The minimum absolute atomic E-state index is 0.141. The Morgan fingerprint density at radius 1 is 0.962 bits per heavy atom. The molecule has 0 atom stereocenters. The number of nitrogens with zero attached hydrogens (tertiary/aromatic N) is 7. The number of nitrogens with two attached hydrogens (primary N) is 2. The van der Waals surface area contributed by atoms with Gasteiger partial charge in [0.05, 0.1) is 12.4 Å². The summed E-state index contributed by atoms with van der Waals surface area (Å²) in [5.41, 5.74) is 12.0. The van der Waals surface area contributed by atoms with Crippen LogP contribution in [0.2, 0.25) is 0 Å². The van der Waals surface area contributed by atoms with Gasteiger partial charge in [-0.25, -0.2) is 9.97 Å². The molecular formula is C17H27N9. The number of nitrogen functional groups attached to an aromatic ring is 2. The van der Waals surface area contributed by atoms with E-state index in [4.69, 9.17) is 11.5 Å². The zero-order chi connectivity index (χ0) is 17.9. The Bertz CT molecular complexity index is 712. The predicted octanol–water partition coefficient (Wildman–Crippen LogP) is 0.924. The Labute approximate surface area is 153 Å². The fourth-order valence-electron chi connectivity index (χ4n) is 3.94. The summed E-state index contributed by atoms with van der Waals surface area (Å²) >= 11 is 0. The molecule has 9 heteroatoms. The molecule has 2 aromatic rings. The van der Waals surface area contributed by atoms with E-state index in [-0.39, 0.29) is 11.9 Å². The normalized spacial score (nSPS) is 19.8. The van der Waals surface area contributed by atoms with Gasteiger partial charge in [0.15, 0.2) is 0 Å². The van der Waals surface area contributed by atoms with Crippen LogP contribution in [0.25, 0.3) is 5.69 Å². The number of likely N-dealkylation sites (tertiary alicyclic amines) is 1. The maximum Gasteiger partial charge on any atom is 0.241 e. The standard InChI is InChI=1S/C17H27N9/c18-15-22-16(19)26(23-15)14-10-20-17(21-11-14)25-8-4-13(5-9-25)12-24-6-2-1-3-7-24/h10-11,13H,1-9,12H2,(H4,18,19,22,23). The lowest BCUT2D eigenvalue weighted by Crippen LogP contribution is -2.40. The van der Waals surface area contributed by atoms with Gasteiger partial charge in [0.2, 0.25) is 17.8 Å². The van der Waals surface area contributed by atoms with Crippen molar-refractivity contribution < 1.29 is 0 Å². The Balaban J connectivity index is 1.33. The number of anilines is 3. The van der Waals surface area contributed by atoms with Gasteiger partial charge in [-0.1, -0.05) is 6.42 Å². The van der Waals surface area contributed by atoms with E-state index in [1.807, 2.05) is 0 Å². The maximum absolute atomic E-state index is 5.79. The van der Waals surface area contributed by atoms with Gasteiger partial charge in [0.1, 0.15) is 5.69 Å². The second-order valence-corrected chi connectivity index (χ2v) is 7.27. The highest BCUT2D eigenvalue weighted by Gasteiger charge is 2.23. The first-order valence-corrected chi connectivity index (χ1v) is 9.47. The number of rotatable bonds is 4. The van der Waals surface area contributed by atoms with Crippen molar-refractivity contribution in [2.24, 2.45) is 5.92 Å².